The van der Waals surface area contributed by atoms with Crippen LogP contribution in [0.3, 0.4) is 0 Å². The summed E-state index contributed by atoms with van der Waals surface area (Å²) in [5.74, 6) is 0.568. The van der Waals surface area contributed by atoms with E-state index in [2.05, 4.69) is 6.92 Å². The zero-order valence-electron chi connectivity index (χ0n) is 20.4. The molecule has 0 N–H and O–H groups in total. The number of benzene rings is 2. The van der Waals surface area contributed by atoms with Crippen molar-refractivity contribution in [2.75, 3.05) is 6.61 Å². The van der Waals surface area contributed by atoms with Crippen LogP contribution in [0, 0.1) is 5.92 Å². The van der Waals surface area contributed by atoms with Crippen LogP contribution in [0.5, 0.6) is 23.0 Å². The summed E-state index contributed by atoms with van der Waals surface area (Å²) < 4.78 is 75.8. The van der Waals surface area contributed by atoms with Crippen molar-refractivity contribution < 1.29 is 36.5 Å². The number of halogens is 4. The molecular formula is C27H34F4O4. The van der Waals surface area contributed by atoms with Crippen LogP contribution < -0.4 is 18.9 Å². The normalized spacial score (nSPS) is 20.1. The fourth-order valence-electron chi connectivity index (χ4n) is 4.52. The highest BCUT2D eigenvalue weighted by atomic mass is 19.3. The quantitative estimate of drug-likeness (QED) is 0.276. The van der Waals surface area contributed by atoms with E-state index < -0.39 is 25.4 Å². The molecule has 0 aromatic heterocycles. The van der Waals surface area contributed by atoms with E-state index in [-0.39, 0.29) is 23.0 Å². The molecule has 1 aliphatic carbocycles. The first-order valence-electron chi connectivity index (χ1n) is 12.2. The predicted octanol–water partition coefficient (Wildman–Crippen LogP) is 8.20. The average Bonchev–Trinajstić information content (AvgIpc) is 2.80. The maximum atomic E-state index is 14.5. The van der Waals surface area contributed by atoms with Crippen molar-refractivity contribution in [2.45, 2.75) is 84.0 Å². The molecule has 0 saturated heterocycles. The molecular weight excluding hydrogens is 464 g/mol. The molecule has 2 unspecified atom stereocenters. The van der Waals surface area contributed by atoms with Gasteiger partial charge in [-0.1, -0.05) is 38.0 Å². The van der Waals surface area contributed by atoms with Gasteiger partial charge in [-0.3, -0.25) is 0 Å². The van der Waals surface area contributed by atoms with Crippen LogP contribution in [-0.2, 0) is 0 Å². The Kier molecular flexibility index (Phi) is 9.52. The molecule has 0 spiro atoms. The largest absolute Gasteiger partial charge is 0.479 e. The molecule has 35 heavy (non-hydrogen) atoms. The van der Waals surface area contributed by atoms with Crippen LogP contribution >= 0.6 is 0 Å². The topological polar surface area (TPSA) is 36.9 Å². The second kappa shape index (κ2) is 12.4. The smallest absolute Gasteiger partial charge is 0.433 e. The number of alkyl halides is 4. The number of para-hydroxylation sites is 1. The van der Waals surface area contributed by atoms with Crippen molar-refractivity contribution in [1.82, 2.24) is 0 Å². The predicted molar refractivity (Wildman–Crippen MR) is 126 cm³/mol. The molecule has 4 nitrogen and oxygen atoms in total. The van der Waals surface area contributed by atoms with Crippen molar-refractivity contribution in [1.29, 1.82) is 0 Å². The summed E-state index contributed by atoms with van der Waals surface area (Å²) in [5, 5.41) is 0. The lowest BCUT2D eigenvalue weighted by Gasteiger charge is -2.28. The van der Waals surface area contributed by atoms with Gasteiger partial charge in [0.1, 0.15) is 5.75 Å². The summed E-state index contributed by atoms with van der Waals surface area (Å²) in [6.07, 6.45) is -0.0902. The molecule has 1 saturated carbocycles. The molecule has 0 radical (unpaired) electrons. The van der Waals surface area contributed by atoms with Gasteiger partial charge in [-0.2, -0.15) is 8.78 Å². The number of rotatable bonds is 12. The van der Waals surface area contributed by atoms with Gasteiger partial charge in [0, 0.05) is 13.8 Å². The molecule has 1 aliphatic rings. The summed E-state index contributed by atoms with van der Waals surface area (Å²) >= 11 is 0. The van der Waals surface area contributed by atoms with Gasteiger partial charge in [0.15, 0.2) is 18.1 Å². The van der Waals surface area contributed by atoms with Crippen molar-refractivity contribution >= 4 is 0 Å². The van der Waals surface area contributed by atoms with Crippen LogP contribution in [0.25, 0.3) is 0 Å². The van der Waals surface area contributed by atoms with E-state index in [9.17, 15) is 17.6 Å². The molecule has 0 amide bonds. The van der Waals surface area contributed by atoms with E-state index in [1.807, 2.05) is 12.1 Å². The minimum atomic E-state index is -3.68. The van der Waals surface area contributed by atoms with E-state index in [4.69, 9.17) is 18.9 Å². The van der Waals surface area contributed by atoms with Crippen LogP contribution in [0.2, 0.25) is 0 Å². The van der Waals surface area contributed by atoms with Crippen LogP contribution in [0.4, 0.5) is 17.6 Å². The van der Waals surface area contributed by atoms with Crippen molar-refractivity contribution in [3.8, 4) is 23.0 Å². The molecule has 1 fully saturated rings. The maximum Gasteiger partial charge on any atom is 0.433 e. The Bertz CT molecular complexity index is 910. The first kappa shape index (κ1) is 27.0. The first-order chi connectivity index (χ1) is 16.7. The third kappa shape index (κ3) is 8.22. The second-order valence-electron chi connectivity index (χ2n) is 9.01. The third-order valence-corrected chi connectivity index (χ3v) is 6.07. The first-order valence-corrected chi connectivity index (χ1v) is 12.2. The van der Waals surface area contributed by atoms with E-state index >= 15 is 0 Å². The van der Waals surface area contributed by atoms with Gasteiger partial charge in [0.2, 0.25) is 18.5 Å². The summed E-state index contributed by atoms with van der Waals surface area (Å²) in [7, 11) is 0. The summed E-state index contributed by atoms with van der Waals surface area (Å²) in [5.41, 5.74) is 1.13. The standard InChI is InChI=1S/C27H34F4O4/c1-4-6-20-9-11-21(12-10-20)22-13-15-23(16-14-22)35-27(30,31)17-32-24-7-5-8-25(33-18(2)28)26(24)34-19(3)29/h5,7-8,13-16,18-21H,4,6,9-12,17H2,1-3H3/t18?,19?,20-,21-. The zero-order valence-corrected chi connectivity index (χ0v) is 20.4. The zero-order chi connectivity index (χ0) is 25.4. The SMILES string of the molecule is CCC[C@H]1CC[C@H](c2ccc(OC(F)(F)COc3cccc(OC(C)F)c3OC(C)F)cc2)CC1. The Hall–Kier alpha value is -2.64. The fourth-order valence-corrected chi connectivity index (χ4v) is 4.52. The van der Waals surface area contributed by atoms with Crippen LogP contribution in [0.1, 0.15) is 70.8 Å². The molecule has 0 aliphatic heterocycles. The van der Waals surface area contributed by atoms with E-state index in [1.54, 1.807) is 0 Å². The van der Waals surface area contributed by atoms with Gasteiger partial charge in [-0.15, -0.1) is 0 Å². The molecule has 2 aromatic carbocycles. The lowest BCUT2D eigenvalue weighted by molar-refractivity contribution is -0.195. The lowest BCUT2D eigenvalue weighted by Crippen LogP contribution is -2.32. The third-order valence-electron chi connectivity index (χ3n) is 6.07. The Balaban J connectivity index is 1.60. The highest BCUT2D eigenvalue weighted by Gasteiger charge is 2.34. The fraction of sp³-hybridized carbons (Fsp3) is 0.556. The monoisotopic (exact) mass is 498 g/mol. The maximum absolute atomic E-state index is 14.5. The van der Waals surface area contributed by atoms with Crippen molar-refractivity contribution in [3.63, 3.8) is 0 Å². The Morgan fingerprint density at radius 1 is 0.886 bits per heavy atom. The minimum absolute atomic E-state index is 0.0132. The van der Waals surface area contributed by atoms with Gasteiger partial charge < -0.3 is 18.9 Å². The molecule has 0 heterocycles. The summed E-state index contributed by atoms with van der Waals surface area (Å²) in [4.78, 5) is 0. The number of hydrogen-bond acceptors (Lipinski definition) is 4. The molecule has 2 aromatic rings. The molecule has 194 valence electrons. The summed E-state index contributed by atoms with van der Waals surface area (Å²) in [6, 6.07) is 10.8. The van der Waals surface area contributed by atoms with E-state index in [0.717, 1.165) is 38.2 Å². The van der Waals surface area contributed by atoms with Crippen LogP contribution in [-0.4, -0.2) is 25.4 Å². The van der Waals surface area contributed by atoms with Crippen molar-refractivity contribution in [3.05, 3.63) is 48.0 Å². The van der Waals surface area contributed by atoms with Gasteiger partial charge in [-0.25, -0.2) is 8.78 Å². The average molecular weight is 499 g/mol. The highest BCUT2D eigenvalue weighted by molar-refractivity contribution is 5.51. The Morgan fingerprint density at radius 2 is 1.51 bits per heavy atom. The second-order valence-corrected chi connectivity index (χ2v) is 9.01. The Morgan fingerprint density at radius 3 is 2.11 bits per heavy atom. The van der Waals surface area contributed by atoms with E-state index in [1.165, 1.54) is 56.0 Å². The van der Waals surface area contributed by atoms with Crippen LogP contribution in [0.15, 0.2) is 42.5 Å². The molecule has 2 atom stereocenters. The van der Waals surface area contributed by atoms with Gasteiger partial charge >= 0.3 is 6.11 Å². The van der Waals surface area contributed by atoms with Gasteiger partial charge in [0.25, 0.3) is 0 Å². The Labute approximate surface area is 204 Å². The lowest BCUT2D eigenvalue weighted by atomic mass is 9.77. The highest BCUT2D eigenvalue weighted by Crippen LogP contribution is 2.40. The molecule has 0 bridgehead atoms. The van der Waals surface area contributed by atoms with Gasteiger partial charge in [0.05, 0.1) is 0 Å². The van der Waals surface area contributed by atoms with Gasteiger partial charge in [-0.05, 0) is 67.3 Å². The summed E-state index contributed by atoms with van der Waals surface area (Å²) in [6.45, 7) is 3.27. The van der Waals surface area contributed by atoms with E-state index in [0.29, 0.717) is 5.92 Å². The number of hydrogen-bond donors (Lipinski definition) is 0. The van der Waals surface area contributed by atoms with Crippen molar-refractivity contribution in [2.24, 2.45) is 5.92 Å². The minimum Gasteiger partial charge on any atom is -0.479 e. The number of ether oxygens (including phenoxy) is 4. The molecule has 8 heteroatoms. The molecule has 3 rings (SSSR count).